The van der Waals surface area contributed by atoms with Crippen LogP contribution in [0.5, 0.6) is 0 Å². The van der Waals surface area contributed by atoms with Crippen LogP contribution in [-0.4, -0.2) is 17.0 Å². The number of nitrogens with one attached hydrogen (secondary N) is 2. The van der Waals surface area contributed by atoms with Crippen molar-refractivity contribution in [3.63, 3.8) is 0 Å². The molecule has 0 saturated heterocycles. The molecule has 0 amide bonds. The first-order valence-corrected chi connectivity index (χ1v) is 2.59. The molecule has 3 nitrogen and oxygen atoms in total. The van der Waals surface area contributed by atoms with E-state index in [1.807, 2.05) is 0 Å². The van der Waals surface area contributed by atoms with Gasteiger partial charge in [-0.3, -0.25) is 0 Å². The maximum absolute atomic E-state index is 5.56. The predicted molar refractivity (Wildman–Crippen MR) is 33.1 cm³/mol. The number of nitrogens with zero attached hydrogens (tertiary/aromatic N) is 1. The fraction of sp³-hybridized carbons (Fsp3) is 0.250. The molecule has 1 rings (SSSR count). The minimum Gasteiger partial charge on any atom is -0.371 e. The van der Waals surface area contributed by atoms with Crippen LogP contribution in [0.15, 0.2) is 6.33 Å². The van der Waals surface area contributed by atoms with E-state index in [9.17, 15) is 0 Å². The Balaban J connectivity index is 2.92. The highest BCUT2D eigenvalue weighted by Crippen LogP contribution is 2.13. The number of H-pyrrole nitrogens is 1. The van der Waals surface area contributed by atoms with Gasteiger partial charge in [0.25, 0.3) is 0 Å². The van der Waals surface area contributed by atoms with Gasteiger partial charge >= 0.3 is 0 Å². The fourth-order valence-electron chi connectivity index (χ4n) is 0.453. The summed E-state index contributed by atoms with van der Waals surface area (Å²) in [4.78, 5) is 6.55. The second-order valence-corrected chi connectivity index (χ2v) is 1.69. The van der Waals surface area contributed by atoms with Crippen LogP contribution in [0.1, 0.15) is 0 Å². The zero-order valence-corrected chi connectivity index (χ0v) is 5.16. The lowest BCUT2D eigenvalue weighted by Gasteiger charge is -1.88. The lowest BCUT2D eigenvalue weighted by atomic mass is 10.7. The van der Waals surface area contributed by atoms with E-state index in [1.54, 1.807) is 7.05 Å². The summed E-state index contributed by atoms with van der Waals surface area (Å²) in [5.41, 5.74) is 0. The van der Waals surface area contributed by atoms with Crippen LogP contribution >= 0.6 is 11.6 Å². The van der Waals surface area contributed by atoms with Crippen molar-refractivity contribution in [3.05, 3.63) is 11.5 Å². The topological polar surface area (TPSA) is 40.7 Å². The van der Waals surface area contributed by atoms with Gasteiger partial charge in [0, 0.05) is 7.05 Å². The summed E-state index contributed by atoms with van der Waals surface area (Å²) in [5, 5.41) is 3.35. The lowest BCUT2D eigenvalue weighted by molar-refractivity contribution is 1.30. The van der Waals surface area contributed by atoms with Crippen LogP contribution in [0.2, 0.25) is 5.15 Å². The van der Waals surface area contributed by atoms with Gasteiger partial charge in [0.2, 0.25) is 0 Å². The molecule has 1 aromatic rings. The maximum Gasteiger partial charge on any atom is 0.163 e. The first-order valence-electron chi connectivity index (χ1n) is 2.21. The standard InChI is InChI=1S/C4H6ClN3/c1-6-4-3(5)7-2-8-4/h2,6H,1H3,(H,7,8). The zero-order valence-electron chi connectivity index (χ0n) is 4.40. The fourth-order valence-corrected chi connectivity index (χ4v) is 0.645. The number of imidazole rings is 1. The molecular weight excluding hydrogens is 126 g/mol. The molecule has 44 valence electrons. The molecule has 1 heterocycles. The Morgan fingerprint density at radius 2 is 2.62 bits per heavy atom. The zero-order chi connectivity index (χ0) is 5.98. The Bertz CT molecular complexity index is 172. The van der Waals surface area contributed by atoms with E-state index >= 15 is 0 Å². The summed E-state index contributed by atoms with van der Waals surface area (Å²) in [6.45, 7) is 0. The SMILES string of the molecule is CNc1nc[nH]c1Cl. The van der Waals surface area contributed by atoms with Crippen molar-refractivity contribution < 1.29 is 0 Å². The highest BCUT2D eigenvalue weighted by Gasteiger charge is 1.95. The van der Waals surface area contributed by atoms with Crippen molar-refractivity contribution in [2.45, 2.75) is 0 Å². The number of aromatic nitrogens is 2. The van der Waals surface area contributed by atoms with Crippen LogP contribution < -0.4 is 5.32 Å². The first-order chi connectivity index (χ1) is 3.84. The molecular formula is C4H6ClN3. The lowest BCUT2D eigenvalue weighted by Crippen LogP contribution is -1.86. The Morgan fingerprint density at radius 3 is 2.88 bits per heavy atom. The van der Waals surface area contributed by atoms with Crippen molar-refractivity contribution >= 4 is 17.4 Å². The Kier molecular flexibility index (Phi) is 1.39. The van der Waals surface area contributed by atoms with E-state index in [2.05, 4.69) is 15.3 Å². The molecule has 0 aliphatic carbocycles. The molecule has 0 radical (unpaired) electrons. The molecule has 0 unspecified atom stereocenters. The van der Waals surface area contributed by atoms with Crippen LogP contribution in [0.4, 0.5) is 5.82 Å². The van der Waals surface area contributed by atoms with Crippen molar-refractivity contribution in [3.8, 4) is 0 Å². The smallest absolute Gasteiger partial charge is 0.163 e. The second kappa shape index (κ2) is 2.05. The minimum absolute atomic E-state index is 0.549. The number of anilines is 1. The van der Waals surface area contributed by atoms with Gasteiger partial charge in [-0.15, -0.1) is 0 Å². The van der Waals surface area contributed by atoms with Crippen molar-refractivity contribution in [2.24, 2.45) is 0 Å². The van der Waals surface area contributed by atoms with Gasteiger partial charge in [0.15, 0.2) is 5.82 Å². The van der Waals surface area contributed by atoms with Crippen molar-refractivity contribution in [1.82, 2.24) is 9.97 Å². The summed E-state index contributed by atoms with van der Waals surface area (Å²) >= 11 is 5.56. The van der Waals surface area contributed by atoms with Gasteiger partial charge in [0.1, 0.15) is 5.15 Å². The molecule has 0 atom stereocenters. The van der Waals surface area contributed by atoms with E-state index in [-0.39, 0.29) is 0 Å². The van der Waals surface area contributed by atoms with Crippen molar-refractivity contribution in [2.75, 3.05) is 12.4 Å². The number of hydrogen-bond acceptors (Lipinski definition) is 2. The van der Waals surface area contributed by atoms with E-state index in [1.165, 1.54) is 6.33 Å². The maximum atomic E-state index is 5.56. The minimum atomic E-state index is 0.549. The van der Waals surface area contributed by atoms with E-state index in [0.29, 0.717) is 11.0 Å². The second-order valence-electron chi connectivity index (χ2n) is 1.32. The third-order valence-electron chi connectivity index (χ3n) is 0.830. The van der Waals surface area contributed by atoms with Gasteiger partial charge in [-0.1, -0.05) is 11.6 Å². The van der Waals surface area contributed by atoms with Gasteiger partial charge in [-0.25, -0.2) is 4.98 Å². The first kappa shape index (κ1) is 5.44. The summed E-state index contributed by atoms with van der Waals surface area (Å²) < 4.78 is 0. The molecule has 0 aromatic carbocycles. The van der Waals surface area contributed by atoms with Crippen LogP contribution in [0.3, 0.4) is 0 Å². The van der Waals surface area contributed by atoms with Crippen molar-refractivity contribution in [1.29, 1.82) is 0 Å². The molecule has 0 bridgehead atoms. The summed E-state index contributed by atoms with van der Waals surface area (Å²) in [5.74, 6) is 0.687. The normalized spacial score (nSPS) is 9.25. The van der Waals surface area contributed by atoms with Gasteiger partial charge in [0.05, 0.1) is 6.33 Å². The number of rotatable bonds is 1. The van der Waals surface area contributed by atoms with E-state index in [0.717, 1.165) is 0 Å². The van der Waals surface area contributed by atoms with Gasteiger partial charge in [-0.05, 0) is 0 Å². The highest BCUT2D eigenvalue weighted by atomic mass is 35.5. The Labute approximate surface area is 52.1 Å². The molecule has 0 aliphatic rings. The van der Waals surface area contributed by atoms with Crippen LogP contribution in [0, 0.1) is 0 Å². The average Bonchev–Trinajstić information content (AvgIpc) is 2.14. The summed E-state index contributed by atoms with van der Waals surface area (Å²) in [7, 11) is 1.77. The molecule has 2 N–H and O–H groups in total. The van der Waals surface area contributed by atoms with Crippen LogP contribution in [0.25, 0.3) is 0 Å². The van der Waals surface area contributed by atoms with E-state index < -0.39 is 0 Å². The Morgan fingerprint density at radius 1 is 1.88 bits per heavy atom. The molecule has 0 spiro atoms. The molecule has 0 saturated carbocycles. The average molecular weight is 132 g/mol. The molecule has 8 heavy (non-hydrogen) atoms. The Hall–Kier alpha value is -0.700. The molecule has 0 fully saturated rings. The van der Waals surface area contributed by atoms with Gasteiger partial charge < -0.3 is 10.3 Å². The monoisotopic (exact) mass is 131 g/mol. The number of halogens is 1. The van der Waals surface area contributed by atoms with Gasteiger partial charge in [-0.2, -0.15) is 0 Å². The van der Waals surface area contributed by atoms with Crippen LogP contribution in [-0.2, 0) is 0 Å². The quantitative estimate of drug-likeness (QED) is 0.600. The molecule has 4 heteroatoms. The predicted octanol–water partition coefficient (Wildman–Crippen LogP) is 1.10. The third kappa shape index (κ3) is 0.767. The number of hydrogen-bond donors (Lipinski definition) is 2. The summed E-state index contributed by atoms with van der Waals surface area (Å²) in [6.07, 6.45) is 1.54. The summed E-state index contributed by atoms with van der Waals surface area (Å²) in [6, 6.07) is 0. The highest BCUT2D eigenvalue weighted by molar-refractivity contribution is 6.31. The molecule has 1 aromatic heterocycles. The largest absolute Gasteiger partial charge is 0.371 e. The number of aromatic amines is 1. The van der Waals surface area contributed by atoms with E-state index in [4.69, 9.17) is 11.6 Å². The third-order valence-corrected chi connectivity index (χ3v) is 1.12. The molecule has 0 aliphatic heterocycles.